The maximum atomic E-state index is 11.8. The van der Waals surface area contributed by atoms with E-state index in [0.717, 1.165) is 0 Å². The Kier molecular flexibility index (Phi) is 5.97. The fraction of sp³-hybridized carbons (Fsp3) is 0.583. The molecule has 0 radical (unpaired) electrons. The van der Waals surface area contributed by atoms with Crippen molar-refractivity contribution in [2.45, 2.75) is 27.2 Å². The molecule has 0 aliphatic carbocycles. The lowest BCUT2D eigenvalue weighted by Crippen LogP contribution is -2.42. The number of rotatable bonds is 6. The van der Waals surface area contributed by atoms with E-state index >= 15 is 0 Å². The van der Waals surface area contributed by atoms with Gasteiger partial charge in [0, 0.05) is 6.42 Å². The number of hydrogen-bond acceptors (Lipinski definition) is 5. The minimum atomic E-state index is -1.67. The van der Waals surface area contributed by atoms with Crippen molar-refractivity contribution in [1.29, 1.82) is 0 Å². The summed E-state index contributed by atoms with van der Waals surface area (Å²) in [5.74, 6) is -0.660. The molecule has 0 rings (SSSR count). The van der Waals surface area contributed by atoms with Crippen LogP contribution in [0.3, 0.4) is 0 Å². The zero-order valence-electron chi connectivity index (χ0n) is 10.2. The molecule has 0 spiro atoms. The van der Waals surface area contributed by atoms with Gasteiger partial charge in [0.1, 0.15) is 5.41 Å². The van der Waals surface area contributed by atoms with Crippen LogP contribution in [-0.2, 0) is 23.9 Å². The largest absolute Gasteiger partial charge is 0.465 e. The summed E-state index contributed by atoms with van der Waals surface area (Å²) in [5.41, 5.74) is -1.67. The van der Waals surface area contributed by atoms with Crippen LogP contribution in [0.1, 0.15) is 27.2 Å². The van der Waals surface area contributed by atoms with Gasteiger partial charge in [-0.2, -0.15) is 0 Å². The van der Waals surface area contributed by atoms with Crippen LogP contribution in [0.15, 0.2) is 0 Å². The highest BCUT2D eigenvalue weighted by atomic mass is 16.5. The topological polar surface area (TPSA) is 69.7 Å². The fourth-order valence-electron chi connectivity index (χ4n) is 1.16. The van der Waals surface area contributed by atoms with E-state index in [1.54, 1.807) is 13.8 Å². The molecule has 0 saturated carbocycles. The van der Waals surface area contributed by atoms with Crippen LogP contribution in [-0.4, -0.2) is 30.9 Å². The standard InChI is InChI=1S/C12H16O5/c1-5-8-12(4,11(15)17-7-3)9(13)10(14)16-6-2/h1H,6-8H2,2-4H3/t12-/m1/s1. The highest BCUT2D eigenvalue weighted by molar-refractivity contribution is 6.39. The molecule has 1 atom stereocenters. The van der Waals surface area contributed by atoms with E-state index in [1.165, 1.54) is 6.92 Å². The van der Waals surface area contributed by atoms with E-state index in [9.17, 15) is 14.4 Å². The molecule has 0 aromatic rings. The molecular weight excluding hydrogens is 224 g/mol. The van der Waals surface area contributed by atoms with Gasteiger partial charge in [0.2, 0.25) is 0 Å². The number of esters is 2. The van der Waals surface area contributed by atoms with Gasteiger partial charge in [-0.1, -0.05) is 0 Å². The Labute approximate surface area is 100 Å². The van der Waals surface area contributed by atoms with Gasteiger partial charge in [-0.15, -0.1) is 12.3 Å². The fourth-order valence-corrected chi connectivity index (χ4v) is 1.16. The molecule has 0 aromatic carbocycles. The summed E-state index contributed by atoms with van der Waals surface area (Å²) < 4.78 is 9.31. The van der Waals surface area contributed by atoms with Crippen LogP contribution in [0.5, 0.6) is 0 Å². The minimum absolute atomic E-state index is 0.0551. The predicted octanol–water partition coefficient (Wildman–Crippen LogP) is 0.711. The Bertz CT molecular complexity index is 352. The first-order valence-corrected chi connectivity index (χ1v) is 5.26. The van der Waals surface area contributed by atoms with Crippen LogP contribution >= 0.6 is 0 Å². The quantitative estimate of drug-likeness (QED) is 0.296. The van der Waals surface area contributed by atoms with Gasteiger partial charge in [-0.25, -0.2) is 4.79 Å². The van der Waals surface area contributed by atoms with Crippen molar-refractivity contribution in [3.63, 3.8) is 0 Å². The van der Waals surface area contributed by atoms with Crippen LogP contribution in [0, 0.1) is 17.8 Å². The van der Waals surface area contributed by atoms with Crippen LogP contribution in [0.2, 0.25) is 0 Å². The summed E-state index contributed by atoms with van der Waals surface area (Å²) in [4.78, 5) is 34.8. The van der Waals surface area contributed by atoms with Crippen molar-refractivity contribution in [1.82, 2.24) is 0 Å². The third-order valence-electron chi connectivity index (χ3n) is 2.14. The number of terminal acetylenes is 1. The van der Waals surface area contributed by atoms with Crippen molar-refractivity contribution in [2.24, 2.45) is 5.41 Å². The van der Waals surface area contributed by atoms with E-state index in [0.29, 0.717) is 0 Å². The van der Waals surface area contributed by atoms with Crippen molar-refractivity contribution in [2.75, 3.05) is 13.2 Å². The summed E-state index contributed by atoms with van der Waals surface area (Å²) in [6.45, 7) is 4.61. The highest BCUT2D eigenvalue weighted by Gasteiger charge is 2.46. The first kappa shape index (κ1) is 15.2. The lowest BCUT2D eigenvalue weighted by Gasteiger charge is -2.22. The summed E-state index contributed by atoms with van der Waals surface area (Å²) >= 11 is 0. The monoisotopic (exact) mass is 240 g/mol. The number of carbonyl (C=O) groups is 3. The van der Waals surface area contributed by atoms with Crippen LogP contribution in [0.4, 0.5) is 0 Å². The third kappa shape index (κ3) is 3.59. The average Bonchev–Trinajstić information content (AvgIpc) is 2.28. The first-order valence-electron chi connectivity index (χ1n) is 5.26. The van der Waals surface area contributed by atoms with Gasteiger partial charge in [-0.3, -0.25) is 9.59 Å². The minimum Gasteiger partial charge on any atom is -0.465 e. The van der Waals surface area contributed by atoms with Crippen LogP contribution < -0.4 is 0 Å². The molecule has 5 heteroatoms. The number of ether oxygens (including phenoxy) is 2. The molecule has 0 bridgehead atoms. The van der Waals surface area contributed by atoms with Crippen molar-refractivity contribution in [3.8, 4) is 12.3 Å². The molecule has 17 heavy (non-hydrogen) atoms. The molecule has 0 aliphatic rings. The van der Waals surface area contributed by atoms with Crippen molar-refractivity contribution < 1.29 is 23.9 Å². The lowest BCUT2D eigenvalue weighted by atomic mass is 9.82. The first-order chi connectivity index (χ1) is 7.93. The highest BCUT2D eigenvalue weighted by Crippen LogP contribution is 2.25. The predicted molar refractivity (Wildman–Crippen MR) is 59.8 cm³/mol. The lowest BCUT2D eigenvalue weighted by molar-refractivity contribution is -0.167. The molecule has 0 aromatic heterocycles. The van der Waals surface area contributed by atoms with E-state index < -0.39 is 23.1 Å². The number of carbonyl (C=O) groups excluding carboxylic acids is 3. The Morgan fingerprint density at radius 2 is 1.71 bits per heavy atom. The smallest absolute Gasteiger partial charge is 0.375 e. The van der Waals surface area contributed by atoms with Gasteiger partial charge >= 0.3 is 11.9 Å². The second-order valence-electron chi connectivity index (χ2n) is 3.48. The Morgan fingerprint density at radius 3 is 2.12 bits per heavy atom. The van der Waals surface area contributed by atoms with Gasteiger partial charge in [0.05, 0.1) is 13.2 Å². The molecule has 0 unspecified atom stereocenters. The Morgan fingerprint density at radius 1 is 1.18 bits per heavy atom. The number of hydrogen-bond donors (Lipinski definition) is 0. The normalized spacial score (nSPS) is 13.1. The van der Waals surface area contributed by atoms with Gasteiger partial charge in [0.15, 0.2) is 0 Å². The molecule has 0 amide bonds. The second kappa shape index (κ2) is 6.69. The maximum Gasteiger partial charge on any atom is 0.375 e. The van der Waals surface area contributed by atoms with Gasteiger partial charge in [0.25, 0.3) is 5.78 Å². The SMILES string of the molecule is C#CC[C@@](C)(C(=O)OCC)C(=O)C(=O)OCC. The average molecular weight is 240 g/mol. The van der Waals surface area contributed by atoms with E-state index in [1.807, 2.05) is 0 Å². The number of Topliss-reactive ketones (excluding diaryl/α,β-unsaturated/α-hetero) is 1. The van der Waals surface area contributed by atoms with E-state index in [4.69, 9.17) is 11.2 Å². The Hall–Kier alpha value is -1.83. The molecule has 0 aliphatic heterocycles. The zero-order chi connectivity index (χ0) is 13.5. The van der Waals surface area contributed by atoms with Gasteiger partial charge in [-0.05, 0) is 20.8 Å². The molecule has 0 heterocycles. The maximum absolute atomic E-state index is 11.8. The van der Waals surface area contributed by atoms with E-state index in [2.05, 4.69) is 10.7 Å². The summed E-state index contributed by atoms with van der Waals surface area (Å²) in [5, 5.41) is 0. The molecule has 0 fully saturated rings. The van der Waals surface area contributed by atoms with Gasteiger partial charge < -0.3 is 9.47 Å². The summed E-state index contributed by atoms with van der Waals surface area (Å²) in [7, 11) is 0. The molecule has 0 N–H and O–H groups in total. The van der Waals surface area contributed by atoms with Crippen LogP contribution in [0.25, 0.3) is 0 Å². The number of ketones is 1. The molecular formula is C12H16O5. The molecule has 0 saturated heterocycles. The molecule has 94 valence electrons. The summed E-state index contributed by atoms with van der Waals surface area (Å²) in [6, 6.07) is 0. The van der Waals surface area contributed by atoms with Crippen molar-refractivity contribution >= 4 is 17.7 Å². The molecule has 5 nitrogen and oxygen atoms in total. The second-order valence-corrected chi connectivity index (χ2v) is 3.48. The summed E-state index contributed by atoms with van der Waals surface area (Å²) in [6.07, 6.45) is 4.89. The Balaban J connectivity index is 5.07. The van der Waals surface area contributed by atoms with E-state index in [-0.39, 0.29) is 19.6 Å². The van der Waals surface area contributed by atoms with Crippen molar-refractivity contribution in [3.05, 3.63) is 0 Å². The third-order valence-corrected chi connectivity index (χ3v) is 2.14. The zero-order valence-corrected chi connectivity index (χ0v) is 10.2.